The number of benzene rings is 1. The average molecular weight is 309 g/mol. The lowest BCUT2D eigenvalue weighted by Crippen LogP contribution is -2.24. The van der Waals surface area contributed by atoms with Crippen LogP contribution in [0.4, 0.5) is 0 Å². The molecule has 1 amide bonds. The molecule has 6 heteroatoms. The predicted octanol–water partition coefficient (Wildman–Crippen LogP) is 3.24. The van der Waals surface area contributed by atoms with Crippen molar-refractivity contribution in [2.75, 3.05) is 6.61 Å². The van der Waals surface area contributed by atoms with Crippen molar-refractivity contribution in [1.82, 2.24) is 5.43 Å². The second-order valence-electron chi connectivity index (χ2n) is 4.01. The summed E-state index contributed by atoms with van der Waals surface area (Å²) in [7, 11) is 0. The smallest absolute Gasteiger partial charge is 0.277 e. The summed E-state index contributed by atoms with van der Waals surface area (Å²) in [6, 6.07) is 9.06. The molecule has 1 heterocycles. The molecule has 0 aliphatic carbocycles. The first kappa shape index (κ1) is 14.6. The summed E-state index contributed by atoms with van der Waals surface area (Å²) < 4.78 is 5.35. The third kappa shape index (κ3) is 4.36. The van der Waals surface area contributed by atoms with E-state index in [0.29, 0.717) is 10.8 Å². The van der Waals surface area contributed by atoms with E-state index in [1.807, 2.05) is 24.4 Å². The standard InChI is InChI=1S/C14H13ClN2O2S/c1-10-7-11(4-5-13(10)15)19-9-14(18)17-16-8-12-3-2-6-20-12/h2-8H,9H2,1H3,(H,17,18)/b16-8-. The molecular formula is C14H13ClN2O2S. The molecule has 0 radical (unpaired) electrons. The molecule has 2 rings (SSSR count). The number of carbonyl (C=O) groups excluding carboxylic acids is 1. The number of hydrogen-bond donors (Lipinski definition) is 1. The number of carbonyl (C=O) groups is 1. The molecule has 1 aromatic carbocycles. The fourth-order valence-electron chi connectivity index (χ4n) is 1.42. The van der Waals surface area contributed by atoms with Gasteiger partial charge in [-0.2, -0.15) is 5.10 Å². The third-order valence-corrected chi connectivity index (χ3v) is 3.65. The van der Waals surface area contributed by atoms with Crippen LogP contribution in [0.25, 0.3) is 0 Å². The average Bonchev–Trinajstić information content (AvgIpc) is 2.93. The highest BCUT2D eigenvalue weighted by atomic mass is 35.5. The van der Waals surface area contributed by atoms with Crippen LogP contribution >= 0.6 is 22.9 Å². The second-order valence-corrected chi connectivity index (χ2v) is 5.39. The number of thiophene rings is 1. The number of halogens is 1. The van der Waals surface area contributed by atoms with Crippen LogP contribution in [0.3, 0.4) is 0 Å². The predicted molar refractivity (Wildman–Crippen MR) is 81.7 cm³/mol. The number of aryl methyl sites for hydroxylation is 1. The summed E-state index contributed by atoms with van der Waals surface area (Å²) in [4.78, 5) is 12.5. The Balaban J connectivity index is 1.78. The van der Waals surface area contributed by atoms with Crippen LogP contribution in [-0.2, 0) is 4.79 Å². The van der Waals surface area contributed by atoms with E-state index >= 15 is 0 Å². The Kier molecular flexibility index (Phi) is 5.15. The second kappa shape index (κ2) is 7.07. The molecule has 1 aromatic heterocycles. The van der Waals surface area contributed by atoms with E-state index in [2.05, 4.69) is 10.5 Å². The van der Waals surface area contributed by atoms with Gasteiger partial charge in [-0.15, -0.1) is 11.3 Å². The number of nitrogens with zero attached hydrogens (tertiary/aromatic N) is 1. The molecule has 0 spiro atoms. The van der Waals surface area contributed by atoms with Crippen LogP contribution in [0.5, 0.6) is 5.75 Å². The molecule has 0 aliphatic heterocycles. The summed E-state index contributed by atoms with van der Waals surface area (Å²) in [5.74, 6) is 0.287. The zero-order valence-electron chi connectivity index (χ0n) is 10.8. The lowest BCUT2D eigenvalue weighted by molar-refractivity contribution is -0.123. The molecule has 4 nitrogen and oxygen atoms in total. The highest BCUT2D eigenvalue weighted by Gasteiger charge is 2.03. The molecule has 104 valence electrons. The van der Waals surface area contributed by atoms with Crippen molar-refractivity contribution < 1.29 is 9.53 Å². The van der Waals surface area contributed by atoms with E-state index in [-0.39, 0.29) is 12.5 Å². The van der Waals surface area contributed by atoms with Crippen LogP contribution in [0.1, 0.15) is 10.4 Å². The fourth-order valence-corrected chi connectivity index (χ4v) is 2.12. The molecule has 20 heavy (non-hydrogen) atoms. The molecular weight excluding hydrogens is 296 g/mol. The minimum absolute atomic E-state index is 0.0944. The summed E-state index contributed by atoms with van der Waals surface area (Å²) in [5, 5.41) is 6.45. The first-order chi connectivity index (χ1) is 9.65. The SMILES string of the molecule is Cc1cc(OCC(=O)N/N=C\c2cccs2)ccc1Cl. The molecule has 0 atom stereocenters. The maximum atomic E-state index is 11.5. The minimum Gasteiger partial charge on any atom is -0.484 e. The van der Waals surface area contributed by atoms with Gasteiger partial charge in [-0.1, -0.05) is 17.7 Å². The first-order valence-corrected chi connectivity index (χ1v) is 7.15. The van der Waals surface area contributed by atoms with Gasteiger partial charge < -0.3 is 4.74 Å². The molecule has 0 bridgehead atoms. The van der Waals surface area contributed by atoms with Gasteiger partial charge in [0.25, 0.3) is 5.91 Å². The van der Waals surface area contributed by atoms with Crippen molar-refractivity contribution >= 4 is 35.1 Å². The van der Waals surface area contributed by atoms with E-state index in [0.717, 1.165) is 10.4 Å². The summed E-state index contributed by atoms with van der Waals surface area (Å²) >= 11 is 7.45. The van der Waals surface area contributed by atoms with Crippen LogP contribution in [-0.4, -0.2) is 18.7 Å². The number of amides is 1. The molecule has 0 saturated heterocycles. The minimum atomic E-state index is -0.314. The molecule has 0 aliphatic rings. The third-order valence-electron chi connectivity index (χ3n) is 2.42. The highest BCUT2D eigenvalue weighted by molar-refractivity contribution is 7.11. The van der Waals surface area contributed by atoms with E-state index in [4.69, 9.17) is 16.3 Å². The van der Waals surface area contributed by atoms with Gasteiger partial charge in [0, 0.05) is 9.90 Å². The zero-order valence-corrected chi connectivity index (χ0v) is 12.4. The van der Waals surface area contributed by atoms with Crippen LogP contribution in [0.15, 0.2) is 40.8 Å². The van der Waals surface area contributed by atoms with Crippen molar-refractivity contribution in [3.05, 3.63) is 51.2 Å². The van der Waals surface area contributed by atoms with Crippen molar-refractivity contribution in [2.24, 2.45) is 5.10 Å². The first-order valence-electron chi connectivity index (χ1n) is 5.89. The molecule has 0 unspecified atom stereocenters. The van der Waals surface area contributed by atoms with Crippen molar-refractivity contribution in [1.29, 1.82) is 0 Å². The van der Waals surface area contributed by atoms with Gasteiger partial charge in [0.15, 0.2) is 6.61 Å². The topological polar surface area (TPSA) is 50.7 Å². The molecule has 0 fully saturated rings. The van der Waals surface area contributed by atoms with Crippen LogP contribution in [0.2, 0.25) is 5.02 Å². The van der Waals surface area contributed by atoms with E-state index in [9.17, 15) is 4.79 Å². The lowest BCUT2D eigenvalue weighted by atomic mass is 10.2. The maximum absolute atomic E-state index is 11.5. The summed E-state index contributed by atoms with van der Waals surface area (Å²) in [6.07, 6.45) is 1.59. The number of hydrogen-bond acceptors (Lipinski definition) is 4. The molecule has 0 saturated carbocycles. The Morgan fingerprint density at radius 1 is 1.50 bits per heavy atom. The Morgan fingerprint density at radius 3 is 3.05 bits per heavy atom. The number of hydrazone groups is 1. The van der Waals surface area contributed by atoms with Gasteiger partial charge in [-0.05, 0) is 42.1 Å². The van der Waals surface area contributed by atoms with Gasteiger partial charge in [0.05, 0.1) is 6.21 Å². The highest BCUT2D eigenvalue weighted by Crippen LogP contribution is 2.20. The largest absolute Gasteiger partial charge is 0.484 e. The van der Waals surface area contributed by atoms with E-state index in [1.54, 1.807) is 35.8 Å². The lowest BCUT2D eigenvalue weighted by Gasteiger charge is -2.06. The number of nitrogens with one attached hydrogen (secondary N) is 1. The van der Waals surface area contributed by atoms with Crippen molar-refractivity contribution in [2.45, 2.75) is 6.92 Å². The monoisotopic (exact) mass is 308 g/mol. The number of ether oxygens (including phenoxy) is 1. The van der Waals surface area contributed by atoms with Gasteiger partial charge in [-0.25, -0.2) is 5.43 Å². The van der Waals surface area contributed by atoms with E-state index < -0.39 is 0 Å². The fraction of sp³-hybridized carbons (Fsp3) is 0.143. The van der Waals surface area contributed by atoms with E-state index in [1.165, 1.54) is 0 Å². The van der Waals surface area contributed by atoms with Gasteiger partial charge in [0.2, 0.25) is 0 Å². The quantitative estimate of drug-likeness (QED) is 0.681. The molecule has 2 aromatic rings. The Bertz CT molecular complexity index is 612. The van der Waals surface area contributed by atoms with Gasteiger partial charge in [0.1, 0.15) is 5.75 Å². The van der Waals surface area contributed by atoms with Crippen molar-refractivity contribution in [3.8, 4) is 5.75 Å². The summed E-state index contributed by atoms with van der Waals surface area (Å²) in [5.41, 5.74) is 3.31. The van der Waals surface area contributed by atoms with Gasteiger partial charge in [-0.3, -0.25) is 4.79 Å². The Morgan fingerprint density at radius 2 is 2.35 bits per heavy atom. The van der Waals surface area contributed by atoms with Gasteiger partial charge >= 0.3 is 0 Å². The maximum Gasteiger partial charge on any atom is 0.277 e. The van der Waals surface area contributed by atoms with Crippen LogP contribution < -0.4 is 10.2 Å². The number of rotatable bonds is 5. The zero-order chi connectivity index (χ0) is 14.4. The summed E-state index contributed by atoms with van der Waals surface area (Å²) in [6.45, 7) is 1.78. The van der Waals surface area contributed by atoms with Crippen LogP contribution in [0, 0.1) is 6.92 Å². The van der Waals surface area contributed by atoms with Crippen molar-refractivity contribution in [3.63, 3.8) is 0 Å². The Labute approximate surface area is 126 Å². The Hall–Kier alpha value is -1.85. The normalized spacial score (nSPS) is 10.7. The molecule has 1 N–H and O–H groups in total.